The predicted molar refractivity (Wildman–Crippen MR) is 95.9 cm³/mol. The van der Waals surface area contributed by atoms with Crippen molar-refractivity contribution in [2.24, 2.45) is 0 Å². The summed E-state index contributed by atoms with van der Waals surface area (Å²) in [6.45, 7) is 0.668. The molecule has 0 unspecified atom stereocenters. The molecule has 0 aliphatic carbocycles. The van der Waals surface area contributed by atoms with Gasteiger partial charge in [-0.15, -0.1) is 0 Å². The van der Waals surface area contributed by atoms with E-state index in [1.54, 1.807) is 17.0 Å². The molecule has 0 radical (unpaired) electrons. The predicted octanol–water partition coefficient (Wildman–Crippen LogP) is 2.00. The molecule has 2 rings (SSSR count). The summed E-state index contributed by atoms with van der Waals surface area (Å²) in [6, 6.07) is 14.1. The summed E-state index contributed by atoms with van der Waals surface area (Å²) in [6.07, 6.45) is 0.690. The number of amides is 1. The second-order valence-corrected chi connectivity index (χ2v) is 5.49. The highest BCUT2D eigenvalue weighted by Gasteiger charge is 2.21. The molecule has 0 fully saturated rings. The number of nitro groups is 1. The average Bonchev–Trinajstić information content (AvgIpc) is 2.64. The van der Waals surface area contributed by atoms with Gasteiger partial charge in [0.2, 0.25) is 0 Å². The number of aliphatic hydroxyl groups is 1. The fraction of sp³-hybridized carbons (Fsp3) is 0.278. The molecule has 2 N–H and O–H groups in total. The van der Waals surface area contributed by atoms with Crippen LogP contribution >= 0.6 is 0 Å². The van der Waals surface area contributed by atoms with Crippen molar-refractivity contribution < 1.29 is 14.8 Å². The third kappa shape index (κ3) is 4.77. The monoisotopic (exact) mass is 343 g/mol. The Morgan fingerprint density at radius 1 is 1.20 bits per heavy atom. The number of hydrogen-bond donors (Lipinski definition) is 2. The highest BCUT2D eigenvalue weighted by Crippen LogP contribution is 2.29. The summed E-state index contributed by atoms with van der Waals surface area (Å²) in [5.41, 5.74) is 1.57. The van der Waals surface area contributed by atoms with Gasteiger partial charge in [-0.3, -0.25) is 14.9 Å². The summed E-state index contributed by atoms with van der Waals surface area (Å²) in [7, 11) is 1.47. The lowest BCUT2D eigenvalue weighted by Crippen LogP contribution is -2.30. The van der Waals surface area contributed by atoms with Crippen LogP contribution in [0, 0.1) is 10.1 Å². The molecule has 0 aromatic heterocycles. The van der Waals surface area contributed by atoms with Crippen LogP contribution in [0.15, 0.2) is 48.5 Å². The first-order valence-electron chi connectivity index (χ1n) is 7.97. The van der Waals surface area contributed by atoms with Gasteiger partial charge in [0.1, 0.15) is 5.69 Å². The van der Waals surface area contributed by atoms with Crippen LogP contribution in [-0.2, 0) is 6.42 Å². The number of benzene rings is 2. The average molecular weight is 343 g/mol. The fourth-order valence-electron chi connectivity index (χ4n) is 2.60. The van der Waals surface area contributed by atoms with Gasteiger partial charge >= 0.3 is 0 Å². The lowest BCUT2D eigenvalue weighted by molar-refractivity contribution is -0.384. The highest BCUT2D eigenvalue weighted by atomic mass is 16.6. The van der Waals surface area contributed by atoms with Gasteiger partial charge in [0.25, 0.3) is 11.6 Å². The van der Waals surface area contributed by atoms with Crippen LogP contribution in [0.5, 0.6) is 0 Å². The third-order valence-electron chi connectivity index (χ3n) is 3.89. The SMILES string of the molecule is CNC(=O)c1ccc(N(CCO)CCc2ccccc2)c([N+](=O)[O-])c1. The zero-order valence-electron chi connectivity index (χ0n) is 14.0. The maximum absolute atomic E-state index is 11.7. The topological polar surface area (TPSA) is 95.7 Å². The minimum Gasteiger partial charge on any atom is -0.395 e. The lowest BCUT2D eigenvalue weighted by atomic mass is 10.1. The van der Waals surface area contributed by atoms with E-state index in [2.05, 4.69) is 5.32 Å². The van der Waals surface area contributed by atoms with Gasteiger partial charge in [0.15, 0.2) is 0 Å². The second kappa shape index (κ2) is 8.79. The van der Waals surface area contributed by atoms with Crippen molar-refractivity contribution >= 4 is 17.3 Å². The van der Waals surface area contributed by atoms with Crippen molar-refractivity contribution in [3.63, 3.8) is 0 Å². The molecule has 0 spiro atoms. The van der Waals surface area contributed by atoms with Crippen molar-refractivity contribution in [1.29, 1.82) is 0 Å². The number of carbonyl (C=O) groups excluding carboxylic acids is 1. The van der Waals surface area contributed by atoms with E-state index in [0.29, 0.717) is 18.7 Å². The first-order chi connectivity index (χ1) is 12.1. The Labute approximate surface area is 146 Å². The summed E-state index contributed by atoms with van der Waals surface area (Å²) in [4.78, 5) is 24.4. The van der Waals surface area contributed by atoms with Crippen LogP contribution < -0.4 is 10.2 Å². The number of rotatable bonds is 8. The maximum atomic E-state index is 11.7. The third-order valence-corrected chi connectivity index (χ3v) is 3.89. The van der Waals surface area contributed by atoms with E-state index >= 15 is 0 Å². The van der Waals surface area contributed by atoms with E-state index in [-0.39, 0.29) is 30.3 Å². The molecule has 7 nitrogen and oxygen atoms in total. The molecule has 2 aromatic carbocycles. The van der Waals surface area contributed by atoms with Crippen molar-refractivity contribution in [2.45, 2.75) is 6.42 Å². The standard InChI is InChI=1S/C18H21N3O4/c1-19-18(23)15-7-8-16(17(13-15)21(24)25)20(11-12-22)10-9-14-5-3-2-4-6-14/h2-8,13,22H,9-12H2,1H3,(H,19,23). The molecule has 7 heteroatoms. The number of hydrogen-bond acceptors (Lipinski definition) is 5. The minimum atomic E-state index is -0.505. The van der Waals surface area contributed by atoms with E-state index in [1.807, 2.05) is 30.3 Å². The normalized spacial score (nSPS) is 10.3. The van der Waals surface area contributed by atoms with Gasteiger partial charge in [-0.25, -0.2) is 0 Å². The number of aliphatic hydroxyl groups excluding tert-OH is 1. The van der Waals surface area contributed by atoms with Crippen molar-refractivity contribution in [1.82, 2.24) is 5.32 Å². The second-order valence-electron chi connectivity index (χ2n) is 5.49. The van der Waals surface area contributed by atoms with Gasteiger partial charge in [-0.1, -0.05) is 30.3 Å². The summed E-state index contributed by atoms with van der Waals surface area (Å²) in [5.74, 6) is -0.382. The van der Waals surface area contributed by atoms with E-state index in [9.17, 15) is 20.0 Å². The zero-order valence-corrected chi connectivity index (χ0v) is 14.0. The van der Waals surface area contributed by atoms with Crippen LogP contribution in [0.4, 0.5) is 11.4 Å². The number of nitrogens with one attached hydrogen (secondary N) is 1. The van der Waals surface area contributed by atoms with Gasteiger partial charge in [-0.2, -0.15) is 0 Å². The Kier molecular flexibility index (Phi) is 6.47. The van der Waals surface area contributed by atoms with Gasteiger partial charge < -0.3 is 15.3 Å². The molecule has 2 aromatic rings. The number of nitrogens with zero attached hydrogens (tertiary/aromatic N) is 2. The largest absolute Gasteiger partial charge is 0.395 e. The van der Waals surface area contributed by atoms with Crippen molar-refractivity contribution in [3.8, 4) is 0 Å². The van der Waals surface area contributed by atoms with Gasteiger partial charge in [0.05, 0.1) is 11.5 Å². The van der Waals surface area contributed by atoms with Crippen molar-refractivity contribution in [2.75, 3.05) is 31.6 Å². The van der Waals surface area contributed by atoms with Crippen LogP contribution in [0.1, 0.15) is 15.9 Å². The first-order valence-corrected chi connectivity index (χ1v) is 7.97. The Morgan fingerprint density at radius 3 is 2.52 bits per heavy atom. The molecular formula is C18H21N3O4. The molecule has 25 heavy (non-hydrogen) atoms. The molecule has 132 valence electrons. The molecule has 0 atom stereocenters. The molecule has 1 amide bonds. The van der Waals surface area contributed by atoms with Crippen LogP contribution in [-0.4, -0.2) is 42.7 Å². The van der Waals surface area contributed by atoms with E-state index in [1.165, 1.54) is 13.1 Å². The van der Waals surface area contributed by atoms with Crippen LogP contribution in [0.25, 0.3) is 0 Å². The summed E-state index contributed by atoms with van der Waals surface area (Å²) >= 11 is 0. The molecular weight excluding hydrogens is 322 g/mol. The molecule has 0 saturated heterocycles. The van der Waals surface area contributed by atoms with Gasteiger partial charge in [0, 0.05) is 31.8 Å². The number of carbonyl (C=O) groups is 1. The van der Waals surface area contributed by atoms with Crippen LogP contribution in [0.3, 0.4) is 0 Å². The Morgan fingerprint density at radius 2 is 1.92 bits per heavy atom. The summed E-state index contributed by atoms with van der Waals surface area (Å²) < 4.78 is 0. The zero-order chi connectivity index (χ0) is 18.2. The quantitative estimate of drug-likeness (QED) is 0.564. The first kappa shape index (κ1) is 18.4. The number of nitro benzene ring substituents is 1. The minimum absolute atomic E-state index is 0.122. The molecule has 0 aliphatic rings. The van der Waals surface area contributed by atoms with E-state index in [4.69, 9.17) is 0 Å². The van der Waals surface area contributed by atoms with Gasteiger partial charge in [-0.05, 0) is 24.1 Å². The fourth-order valence-corrected chi connectivity index (χ4v) is 2.60. The van der Waals surface area contributed by atoms with Crippen LogP contribution in [0.2, 0.25) is 0 Å². The summed E-state index contributed by atoms with van der Waals surface area (Å²) in [5, 5.41) is 23.2. The van der Waals surface area contributed by atoms with E-state index < -0.39 is 4.92 Å². The smallest absolute Gasteiger partial charge is 0.293 e. The Hall–Kier alpha value is -2.93. The lowest BCUT2D eigenvalue weighted by Gasteiger charge is -2.24. The number of anilines is 1. The Bertz CT molecular complexity index is 734. The molecule has 0 bridgehead atoms. The van der Waals surface area contributed by atoms with Crippen molar-refractivity contribution in [3.05, 3.63) is 69.8 Å². The molecule has 0 saturated carbocycles. The maximum Gasteiger partial charge on any atom is 0.293 e. The Balaban J connectivity index is 2.29. The van der Waals surface area contributed by atoms with E-state index in [0.717, 1.165) is 5.56 Å². The molecule has 0 heterocycles. The molecule has 0 aliphatic heterocycles. The highest BCUT2D eigenvalue weighted by molar-refractivity contribution is 5.95.